The number of carbonyl (C=O) groups is 4. The second kappa shape index (κ2) is 9.43. The van der Waals surface area contributed by atoms with Gasteiger partial charge in [0.25, 0.3) is 11.8 Å². The molecule has 33 heavy (non-hydrogen) atoms. The molecule has 3 aromatic rings. The lowest BCUT2D eigenvalue weighted by Crippen LogP contribution is -2.41. The molecule has 0 spiro atoms. The molecule has 0 saturated carbocycles. The predicted octanol–water partition coefficient (Wildman–Crippen LogP) is 2.92. The first kappa shape index (κ1) is 22.5. The summed E-state index contributed by atoms with van der Waals surface area (Å²) >= 11 is 11.9. The number of benzene rings is 2. The molecule has 2 aromatic carbocycles. The Morgan fingerprint density at radius 3 is 2.12 bits per heavy atom. The molecule has 1 aromatic heterocycles. The first-order valence-corrected chi connectivity index (χ1v) is 10.6. The lowest BCUT2D eigenvalue weighted by Gasteiger charge is -2.13. The Morgan fingerprint density at radius 2 is 1.55 bits per heavy atom. The number of carbonyl (C=O) groups excluding carboxylic acids is 4. The van der Waals surface area contributed by atoms with E-state index >= 15 is 0 Å². The molecule has 11 heteroatoms. The third kappa shape index (κ3) is 4.74. The third-order valence-electron chi connectivity index (χ3n) is 4.95. The number of imide groups is 1. The number of hydrogen-bond donors (Lipinski definition) is 2. The second-order valence-electron chi connectivity index (χ2n) is 7.13. The average Bonchev–Trinajstić information content (AvgIpc) is 3.26. The van der Waals surface area contributed by atoms with Crippen molar-refractivity contribution in [1.29, 1.82) is 0 Å². The second-order valence-corrected chi connectivity index (χ2v) is 7.85. The Morgan fingerprint density at radius 1 is 0.909 bits per heavy atom. The molecule has 0 fully saturated rings. The Hall–Kier alpha value is -3.69. The van der Waals surface area contributed by atoms with E-state index in [2.05, 4.69) is 15.6 Å². The fourth-order valence-corrected chi connectivity index (χ4v) is 3.64. The maximum Gasteiger partial charge on any atom is 0.262 e. The van der Waals surface area contributed by atoms with E-state index in [0.717, 1.165) is 10.6 Å². The Labute approximate surface area is 198 Å². The first-order chi connectivity index (χ1) is 15.8. The SMILES string of the molecule is O=C(CN1C(=O)c2ccccc2C1=O)NCCC(=O)Nc1ccc(-n2cnc(Cl)c2Cl)cc1. The van der Waals surface area contributed by atoms with Crippen LogP contribution >= 0.6 is 23.2 Å². The van der Waals surface area contributed by atoms with E-state index in [1.165, 1.54) is 6.33 Å². The Bertz CT molecular complexity index is 1220. The fraction of sp³-hybridized carbons (Fsp3) is 0.136. The van der Waals surface area contributed by atoms with Gasteiger partial charge in [-0.05, 0) is 36.4 Å². The van der Waals surface area contributed by atoms with Gasteiger partial charge in [-0.3, -0.25) is 28.6 Å². The molecule has 1 aliphatic heterocycles. The number of imidazole rings is 1. The molecule has 168 valence electrons. The molecule has 1 aliphatic rings. The number of amides is 4. The number of nitrogens with one attached hydrogen (secondary N) is 2. The largest absolute Gasteiger partial charge is 0.354 e. The van der Waals surface area contributed by atoms with Crippen LogP contribution in [-0.4, -0.2) is 51.2 Å². The number of nitrogens with zero attached hydrogens (tertiary/aromatic N) is 3. The summed E-state index contributed by atoms with van der Waals surface area (Å²) in [5.74, 6) is -1.86. The zero-order chi connectivity index (χ0) is 23.5. The molecular formula is C22H17Cl2N5O4. The predicted molar refractivity (Wildman–Crippen MR) is 122 cm³/mol. The van der Waals surface area contributed by atoms with Gasteiger partial charge in [-0.25, -0.2) is 4.98 Å². The van der Waals surface area contributed by atoms with Crippen LogP contribution in [0.2, 0.25) is 10.3 Å². The average molecular weight is 486 g/mol. The molecule has 0 bridgehead atoms. The summed E-state index contributed by atoms with van der Waals surface area (Å²) in [4.78, 5) is 53.7. The van der Waals surface area contributed by atoms with Crippen molar-refractivity contribution in [3.05, 3.63) is 76.3 Å². The van der Waals surface area contributed by atoms with Crippen LogP contribution in [-0.2, 0) is 9.59 Å². The van der Waals surface area contributed by atoms with Crippen LogP contribution in [0.4, 0.5) is 5.69 Å². The lowest BCUT2D eigenvalue weighted by molar-refractivity contribution is -0.121. The van der Waals surface area contributed by atoms with Gasteiger partial charge in [0.15, 0.2) is 10.3 Å². The van der Waals surface area contributed by atoms with Crippen molar-refractivity contribution >= 4 is 52.5 Å². The number of halogens is 2. The summed E-state index contributed by atoms with van der Waals surface area (Å²) in [6.45, 7) is -0.356. The number of fused-ring (bicyclic) bond motifs is 1. The quantitative estimate of drug-likeness (QED) is 0.499. The summed E-state index contributed by atoms with van der Waals surface area (Å²) < 4.78 is 1.60. The van der Waals surface area contributed by atoms with Gasteiger partial charge in [0.05, 0.1) is 11.1 Å². The molecule has 0 saturated heterocycles. The summed E-state index contributed by atoms with van der Waals surface area (Å²) in [6, 6.07) is 13.3. The van der Waals surface area contributed by atoms with E-state index in [1.54, 1.807) is 53.1 Å². The van der Waals surface area contributed by atoms with Crippen molar-refractivity contribution in [2.45, 2.75) is 6.42 Å². The van der Waals surface area contributed by atoms with Crippen molar-refractivity contribution in [2.24, 2.45) is 0 Å². The van der Waals surface area contributed by atoms with Crippen molar-refractivity contribution < 1.29 is 19.2 Å². The normalized spacial score (nSPS) is 12.6. The topological polar surface area (TPSA) is 113 Å². The molecule has 4 rings (SSSR count). The van der Waals surface area contributed by atoms with Crippen LogP contribution in [0.25, 0.3) is 5.69 Å². The van der Waals surface area contributed by atoms with Crippen molar-refractivity contribution in [3.63, 3.8) is 0 Å². The zero-order valence-electron chi connectivity index (χ0n) is 17.0. The van der Waals surface area contributed by atoms with Gasteiger partial charge < -0.3 is 10.6 Å². The van der Waals surface area contributed by atoms with E-state index in [9.17, 15) is 19.2 Å². The van der Waals surface area contributed by atoms with Gasteiger partial charge in [-0.2, -0.15) is 0 Å². The van der Waals surface area contributed by atoms with Gasteiger partial charge in [0.1, 0.15) is 12.9 Å². The highest BCUT2D eigenvalue weighted by Crippen LogP contribution is 2.24. The van der Waals surface area contributed by atoms with Crippen LogP contribution in [0.1, 0.15) is 27.1 Å². The molecule has 9 nitrogen and oxygen atoms in total. The lowest BCUT2D eigenvalue weighted by atomic mass is 10.1. The Kier molecular flexibility index (Phi) is 6.43. The van der Waals surface area contributed by atoms with Gasteiger partial charge in [-0.1, -0.05) is 35.3 Å². The minimum atomic E-state index is -0.530. The van der Waals surface area contributed by atoms with Crippen molar-refractivity contribution in [2.75, 3.05) is 18.4 Å². The van der Waals surface area contributed by atoms with Crippen LogP contribution in [0.5, 0.6) is 0 Å². The highest BCUT2D eigenvalue weighted by Gasteiger charge is 2.36. The smallest absolute Gasteiger partial charge is 0.262 e. The van der Waals surface area contributed by atoms with Crippen LogP contribution in [0.15, 0.2) is 54.9 Å². The summed E-state index contributed by atoms with van der Waals surface area (Å²) in [6.07, 6.45) is 1.50. The molecule has 0 atom stereocenters. The number of aromatic nitrogens is 2. The van der Waals surface area contributed by atoms with E-state index in [0.29, 0.717) is 5.69 Å². The molecular weight excluding hydrogens is 469 g/mol. The first-order valence-electron chi connectivity index (χ1n) is 9.85. The third-order valence-corrected chi connectivity index (χ3v) is 5.69. The summed E-state index contributed by atoms with van der Waals surface area (Å²) in [5, 5.41) is 5.75. The van der Waals surface area contributed by atoms with Gasteiger partial charge in [-0.15, -0.1) is 0 Å². The Balaban J connectivity index is 1.24. The highest BCUT2D eigenvalue weighted by atomic mass is 35.5. The van der Waals surface area contributed by atoms with Crippen molar-refractivity contribution in [3.8, 4) is 5.69 Å². The van der Waals surface area contributed by atoms with Crippen LogP contribution < -0.4 is 10.6 Å². The highest BCUT2D eigenvalue weighted by molar-refractivity contribution is 6.40. The molecule has 0 radical (unpaired) electrons. The number of anilines is 1. The molecule has 0 aliphatic carbocycles. The summed E-state index contributed by atoms with van der Waals surface area (Å²) in [7, 11) is 0. The van der Waals surface area contributed by atoms with Gasteiger partial charge >= 0.3 is 0 Å². The molecule has 2 N–H and O–H groups in total. The zero-order valence-corrected chi connectivity index (χ0v) is 18.6. The fourth-order valence-electron chi connectivity index (χ4n) is 3.32. The van der Waals surface area contributed by atoms with Crippen LogP contribution in [0, 0.1) is 0 Å². The maximum atomic E-state index is 12.3. The van der Waals surface area contributed by atoms with E-state index in [1.807, 2.05) is 0 Å². The van der Waals surface area contributed by atoms with Gasteiger partial charge in [0, 0.05) is 24.3 Å². The molecule has 0 unspecified atom stereocenters. The standard InChI is InChI=1S/C22H17Cl2N5O4/c23-19-20(24)29(12-26-19)14-7-5-13(6-8-14)27-17(30)9-10-25-18(31)11-28-21(32)15-3-1-2-4-16(15)22(28)33/h1-8,12H,9-11H2,(H,25,31)(H,27,30). The van der Waals surface area contributed by atoms with Gasteiger partial charge in [0.2, 0.25) is 11.8 Å². The van der Waals surface area contributed by atoms with Crippen LogP contribution in [0.3, 0.4) is 0 Å². The molecule has 4 amide bonds. The van der Waals surface area contributed by atoms with E-state index in [-0.39, 0.29) is 40.3 Å². The maximum absolute atomic E-state index is 12.3. The number of rotatable bonds is 7. The van der Waals surface area contributed by atoms with E-state index in [4.69, 9.17) is 23.2 Å². The van der Waals surface area contributed by atoms with Crippen molar-refractivity contribution in [1.82, 2.24) is 19.8 Å². The monoisotopic (exact) mass is 485 g/mol. The number of hydrogen-bond acceptors (Lipinski definition) is 5. The minimum Gasteiger partial charge on any atom is -0.354 e. The minimum absolute atomic E-state index is 0.0125. The van der Waals surface area contributed by atoms with E-state index < -0.39 is 24.3 Å². The summed E-state index contributed by atoms with van der Waals surface area (Å²) in [5.41, 5.74) is 1.83. The molecule has 2 heterocycles.